The van der Waals surface area contributed by atoms with Crippen molar-refractivity contribution < 1.29 is 4.74 Å². The quantitative estimate of drug-likeness (QED) is 0.713. The lowest BCUT2D eigenvalue weighted by Gasteiger charge is -2.27. The van der Waals surface area contributed by atoms with Crippen LogP contribution in [0.2, 0.25) is 0 Å². The maximum Gasteiger partial charge on any atom is 0.0508 e. The van der Waals surface area contributed by atoms with Crippen molar-refractivity contribution >= 4 is 0 Å². The second-order valence-corrected chi connectivity index (χ2v) is 5.29. The van der Waals surface area contributed by atoms with Gasteiger partial charge in [0.1, 0.15) is 0 Å². The summed E-state index contributed by atoms with van der Waals surface area (Å²) >= 11 is 0. The van der Waals surface area contributed by atoms with Gasteiger partial charge >= 0.3 is 0 Å². The minimum Gasteiger partial charge on any atom is -0.381 e. The minimum absolute atomic E-state index is 0.208. The van der Waals surface area contributed by atoms with Crippen molar-refractivity contribution in [2.75, 3.05) is 19.8 Å². The molecule has 0 aliphatic carbocycles. The molecule has 2 heteroatoms. The monoisotopic (exact) mass is 201 g/mol. The van der Waals surface area contributed by atoms with Crippen molar-refractivity contribution in [3.63, 3.8) is 0 Å². The third-order valence-corrected chi connectivity index (χ3v) is 2.37. The molecule has 0 aliphatic heterocycles. The summed E-state index contributed by atoms with van der Waals surface area (Å²) in [5.74, 6) is 1.30. The van der Waals surface area contributed by atoms with Gasteiger partial charge in [-0.25, -0.2) is 0 Å². The second kappa shape index (κ2) is 6.41. The van der Waals surface area contributed by atoms with Crippen LogP contribution in [-0.4, -0.2) is 25.3 Å². The predicted molar refractivity (Wildman–Crippen MR) is 62.6 cm³/mol. The van der Waals surface area contributed by atoms with E-state index in [1.807, 2.05) is 0 Å². The van der Waals surface area contributed by atoms with E-state index in [0.29, 0.717) is 11.8 Å². The van der Waals surface area contributed by atoms with Gasteiger partial charge in [-0.1, -0.05) is 13.8 Å². The third kappa shape index (κ3) is 7.34. The maximum absolute atomic E-state index is 5.48. The van der Waals surface area contributed by atoms with Gasteiger partial charge in [-0.15, -0.1) is 0 Å². The molecule has 0 rings (SSSR count). The molecule has 0 bridgehead atoms. The maximum atomic E-state index is 5.48. The molecule has 0 heterocycles. The van der Waals surface area contributed by atoms with E-state index in [0.717, 1.165) is 19.8 Å². The van der Waals surface area contributed by atoms with Gasteiger partial charge < -0.3 is 10.1 Å². The first kappa shape index (κ1) is 13.9. The van der Waals surface area contributed by atoms with Gasteiger partial charge in [-0.05, 0) is 39.5 Å². The Kier molecular flexibility index (Phi) is 6.38. The molecule has 0 saturated carbocycles. The van der Waals surface area contributed by atoms with Crippen LogP contribution in [0.1, 0.15) is 41.5 Å². The number of rotatable bonds is 6. The van der Waals surface area contributed by atoms with Crippen LogP contribution < -0.4 is 5.32 Å². The van der Waals surface area contributed by atoms with Gasteiger partial charge in [0.15, 0.2) is 0 Å². The van der Waals surface area contributed by atoms with E-state index in [2.05, 4.69) is 46.9 Å². The predicted octanol–water partition coefficient (Wildman–Crippen LogP) is 2.68. The van der Waals surface area contributed by atoms with Crippen molar-refractivity contribution in [3.8, 4) is 0 Å². The number of ether oxygens (including phenoxy) is 1. The van der Waals surface area contributed by atoms with Gasteiger partial charge in [-0.2, -0.15) is 0 Å². The van der Waals surface area contributed by atoms with Crippen LogP contribution in [0.15, 0.2) is 0 Å². The van der Waals surface area contributed by atoms with Crippen LogP contribution in [0.25, 0.3) is 0 Å². The van der Waals surface area contributed by atoms with E-state index >= 15 is 0 Å². The highest BCUT2D eigenvalue weighted by Crippen LogP contribution is 2.12. The van der Waals surface area contributed by atoms with Crippen LogP contribution >= 0.6 is 0 Å². The van der Waals surface area contributed by atoms with Gasteiger partial charge in [0, 0.05) is 18.7 Å². The van der Waals surface area contributed by atoms with Gasteiger partial charge in [0.25, 0.3) is 0 Å². The van der Waals surface area contributed by atoms with E-state index in [-0.39, 0.29) is 5.54 Å². The molecule has 0 amide bonds. The average Bonchev–Trinajstić information content (AvgIpc) is 2.01. The summed E-state index contributed by atoms with van der Waals surface area (Å²) in [4.78, 5) is 0. The van der Waals surface area contributed by atoms with Crippen LogP contribution in [0.5, 0.6) is 0 Å². The summed E-state index contributed by atoms with van der Waals surface area (Å²) in [5.41, 5.74) is 0.208. The molecule has 2 nitrogen and oxygen atoms in total. The van der Waals surface area contributed by atoms with Gasteiger partial charge in [0.2, 0.25) is 0 Å². The summed E-state index contributed by atoms with van der Waals surface area (Å²) < 4.78 is 5.48. The van der Waals surface area contributed by atoms with E-state index < -0.39 is 0 Å². The molecule has 0 aliphatic rings. The molecular formula is C12H27NO. The zero-order chi connectivity index (χ0) is 11.2. The molecule has 1 atom stereocenters. The van der Waals surface area contributed by atoms with Crippen LogP contribution in [0.4, 0.5) is 0 Å². The lowest BCUT2D eigenvalue weighted by Crippen LogP contribution is -2.41. The SMILES string of the molecule is CCOCC(CNC(C)(C)C)C(C)C. The van der Waals surface area contributed by atoms with Gasteiger partial charge in [0.05, 0.1) is 6.61 Å². The molecule has 86 valence electrons. The summed E-state index contributed by atoms with van der Waals surface area (Å²) in [6.45, 7) is 15.9. The Bertz CT molecular complexity index is 138. The third-order valence-electron chi connectivity index (χ3n) is 2.37. The van der Waals surface area contributed by atoms with Crippen LogP contribution in [0.3, 0.4) is 0 Å². The molecule has 0 aromatic rings. The van der Waals surface area contributed by atoms with E-state index in [1.165, 1.54) is 0 Å². The summed E-state index contributed by atoms with van der Waals surface area (Å²) in [5, 5.41) is 3.53. The van der Waals surface area contributed by atoms with Crippen molar-refractivity contribution in [1.29, 1.82) is 0 Å². The molecule has 0 spiro atoms. The highest BCUT2D eigenvalue weighted by molar-refractivity contribution is 4.74. The Labute approximate surface area is 89.4 Å². The fraction of sp³-hybridized carbons (Fsp3) is 1.00. The summed E-state index contributed by atoms with van der Waals surface area (Å²) in [6.07, 6.45) is 0. The first-order valence-corrected chi connectivity index (χ1v) is 5.69. The van der Waals surface area contributed by atoms with Crippen molar-refractivity contribution in [3.05, 3.63) is 0 Å². The molecular weight excluding hydrogens is 174 g/mol. The Morgan fingerprint density at radius 3 is 2.14 bits per heavy atom. The molecule has 0 radical (unpaired) electrons. The average molecular weight is 201 g/mol. The lowest BCUT2D eigenvalue weighted by atomic mass is 9.95. The smallest absolute Gasteiger partial charge is 0.0508 e. The fourth-order valence-corrected chi connectivity index (χ4v) is 1.19. The number of nitrogens with one attached hydrogen (secondary N) is 1. The molecule has 1 N–H and O–H groups in total. The second-order valence-electron chi connectivity index (χ2n) is 5.29. The number of hydrogen-bond acceptors (Lipinski definition) is 2. The Hall–Kier alpha value is -0.0800. The topological polar surface area (TPSA) is 21.3 Å². The van der Waals surface area contributed by atoms with Gasteiger partial charge in [-0.3, -0.25) is 0 Å². The first-order valence-electron chi connectivity index (χ1n) is 5.69. The fourth-order valence-electron chi connectivity index (χ4n) is 1.19. The summed E-state index contributed by atoms with van der Waals surface area (Å²) in [6, 6.07) is 0. The molecule has 0 fully saturated rings. The lowest BCUT2D eigenvalue weighted by molar-refractivity contribution is 0.0890. The van der Waals surface area contributed by atoms with E-state index in [4.69, 9.17) is 4.74 Å². The van der Waals surface area contributed by atoms with E-state index in [1.54, 1.807) is 0 Å². The normalized spacial score (nSPS) is 14.8. The molecule has 0 aromatic carbocycles. The summed E-state index contributed by atoms with van der Waals surface area (Å²) in [7, 11) is 0. The molecule has 14 heavy (non-hydrogen) atoms. The zero-order valence-electron chi connectivity index (χ0n) is 10.7. The minimum atomic E-state index is 0.208. The molecule has 0 aromatic heterocycles. The first-order chi connectivity index (χ1) is 6.37. The van der Waals surface area contributed by atoms with Crippen LogP contribution in [-0.2, 0) is 4.74 Å². The highest BCUT2D eigenvalue weighted by Gasteiger charge is 2.16. The standard InChI is InChI=1S/C12H27NO/c1-7-14-9-11(10(2)3)8-13-12(4,5)6/h10-11,13H,7-9H2,1-6H3. The largest absolute Gasteiger partial charge is 0.381 e. The number of hydrogen-bond donors (Lipinski definition) is 1. The van der Waals surface area contributed by atoms with Crippen molar-refractivity contribution in [1.82, 2.24) is 5.32 Å². The molecule has 0 saturated heterocycles. The van der Waals surface area contributed by atoms with Crippen LogP contribution in [0, 0.1) is 11.8 Å². The Morgan fingerprint density at radius 1 is 1.21 bits per heavy atom. The molecule has 1 unspecified atom stereocenters. The van der Waals surface area contributed by atoms with Crippen molar-refractivity contribution in [2.45, 2.75) is 47.1 Å². The Morgan fingerprint density at radius 2 is 1.79 bits per heavy atom. The van der Waals surface area contributed by atoms with E-state index in [9.17, 15) is 0 Å². The van der Waals surface area contributed by atoms with Crippen molar-refractivity contribution in [2.24, 2.45) is 11.8 Å². The highest BCUT2D eigenvalue weighted by atomic mass is 16.5. The zero-order valence-corrected chi connectivity index (χ0v) is 10.7. The Balaban J connectivity index is 3.85.